The van der Waals surface area contributed by atoms with Gasteiger partial charge in [0.2, 0.25) is 0 Å². The highest BCUT2D eigenvalue weighted by molar-refractivity contribution is 5.25. The van der Waals surface area contributed by atoms with Crippen LogP contribution in [0, 0.1) is 0 Å². The molecule has 0 aliphatic carbocycles. The summed E-state index contributed by atoms with van der Waals surface area (Å²) in [7, 11) is 2.19. The molecule has 14 heavy (non-hydrogen) atoms. The Kier molecular flexibility index (Phi) is 2.73. The number of aryl methyl sites for hydroxylation is 1. The van der Waals surface area contributed by atoms with Crippen molar-refractivity contribution in [1.82, 2.24) is 4.90 Å². The molecule has 0 aromatic heterocycles. The second kappa shape index (κ2) is 4.01. The number of rotatable bonds is 3. The number of hydrogen-bond donors (Lipinski definition) is 1. The van der Waals surface area contributed by atoms with Gasteiger partial charge < -0.3 is 10.0 Å². The van der Waals surface area contributed by atoms with Gasteiger partial charge in [-0.1, -0.05) is 12.1 Å². The Morgan fingerprint density at radius 3 is 2.57 bits per heavy atom. The zero-order valence-electron chi connectivity index (χ0n) is 8.61. The maximum absolute atomic E-state index is 9.13. The van der Waals surface area contributed by atoms with Crippen molar-refractivity contribution in [3.63, 3.8) is 0 Å². The van der Waals surface area contributed by atoms with Crippen molar-refractivity contribution in [3.05, 3.63) is 29.8 Å². The summed E-state index contributed by atoms with van der Waals surface area (Å²) < 4.78 is 0. The Morgan fingerprint density at radius 1 is 1.36 bits per heavy atom. The van der Waals surface area contributed by atoms with Crippen molar-refractivity contribution in [2.24, 2.45) is 0 Å². The third kappa shape index (κ3) is 2.07. The zero-order chi connectivity index (χ0) is 9.97. The maximum Gasteiger partial charge on any atom is 0.115 e. The largest absolute Gasteiger partial charge is 0.508 e. The van der Waals surface area contributed by atoms with Gasteiger partial charge in [-0.3, -0.25) is 0 Å². The summed E-state index contributed by atoms with van der Waals surface area (Å²) in [4.78, 5) is 2.40. The van der Waals surface area contributed by atoms with Crippen molar-refractivity contribution >= 4 is 0 Å². The van der Waals surface area contributed by atoms with Crippen LogP contribution in [0.5, 0.6) is 5.75 Å². The van der Waals surface area contributed by atoms with E-state index in [9.17, 15) is 0 Å². The minimum Gasteiger partial charge on any atom is -0.508 e. The fourth-order valence-corrected chi connectivity index (χ4v) is 1.93. The Labute approximate surface area is 85.2 Å². The Bertz CT molecular complexity index is 294. The number of likely N-dealkylation sites (tertiary alicyclic amines) is 1. The molecule has 1 aromatic carbocycles. The second-order valence-corrected chi connectivity index (χ2v) is 4.13. The molecule has 1 saturated heterocycles. The fourth-order valence-electron chi connectivity index (χ4n) is 1.93. The minimum atomic E-state index is 0.356. The van der Waals surface area contributed by atoms with Crippen LogP contribution in [0.25, 0.3) is 0 Å². The molecule has 0 radical (unpaired) electrons. The fraction of sp³-hybridized carbons (Fsp3) is 0.500. The molecule has 76 valence electrons. The van der Waals surface area contributed by atoms with Crippen molar-refractivity contribution in [1.29, 1.82) is 0 Å². The normalized spacial score (nSPS) is 21.9. The van der Waals surface area contributed by atoms with E-state index in [0.717, 1.165) is 12.5 Å². The quantitative estimate of drug-likeness (QED) is 0.790. The van der Waals surface area contributed by atoms with Gasteiger partial charge in [0.1, 0.15) is 5.75 Å². The second-order valence-electron chi connectivity index (χ2n) is 4.13. The Hall–Kier alpha value is -1.02. The molecule has 1 atom stereocenters. The summed E-state index contributed by atoms with van der Waals surface area (Å²) in [5.74, 6) is 0.356. The molecule has 2 nitrogen and oxygen atoms in total. The molecule has 1 aromatic rings. The summed E-state index contributed by atoms with van der Waals surface area (Å²) in [5.41, 5.74) is 1.32. The average molecular weight is 191 g/mol. The lowest BCUT2D eigenvalue weighted by Crippen LogP contribution is -2.44. The molecule has 0 bridgehead atoms. The zero-order valence-corrected chi connectivity index (χ0v) is 8.61. The summed E-state index contributed by atoms with van der Waals surface area (Å²) >= 11 is 0. The molecule has 1 aliphatic heterocycles. The predicted molar refractivity (Wildman–Crippen MR) is 57.5 cm³/mol. The highest BCUT2D eigenvalue weighted by Gasteiger charge is 2.22. The lowest BCUT2D eigenvalue weighted by Gasteiger charge is -2.38. The van der Waals surface area contributed by atoms with Crippen LogP contribution in [0.1, 0.15) is 18.4 Å². The average Bonchev–Trinajstić information content (AvgIpc) is 2.19. The van der Waals surface area contributed by atoms with Gasteiger partial charge in [0.15, 0.2) is 0 Å². The molecule has 1 N–H and O–H groups in total. The van der Waals surface area contributed by atoms with Crippen molar-refractivity contribution in [3.8, 4) is 5.75 Å². The van der Waals surface area contributed by atoms with Gasteiger partial charge in [-0.25, -0.2) is 0 Å². The van der Waals surface area contributed by atoms with E-state index in [1.807, 2.05) is 12.1 Å². The number of benzene rings is 1. The third-order valence-corrected chi connectivity index (χ3v) is 3.14. The summed E-state index contributed by atoms with van der Waals surface area (Å²) in [6.45, 7) is 1.25. The van der Waals surface area contributed by atoms with Crippen LogP contribution in [0.4, 0.5) is 0 Å². The molecule has 1 heterocycles. The minimum absolute atomic E-state index is 0.356. The van der Waals surface area contributed by atoms with E-state index in [0.29, 0.717) is 5.75 Å². The molecule has 2 rings (SSSR count). The van der Waals surface area contributed by atoms with Crippen molar-refractivity contribution < 1.29 is 5.11 Å². The number of phenolic OH excluding ortho intramolecular Hbond substituents is 1. The van der Waals surface area contributed by atoms with E-state index in [1.54, 1.807) is 12.1 Å². The standard InChI is InChI=1S/C12H17NO/c1-13-9-8-11(13)5-2-10-3-6-12(14)7-4-10/h3-4,6-7,11,14H,2,5,8-9H2,1H3. The first-order chi connectivity index (χ1) is 6.75. The van der Waals surface area contributed by atoms with E-state index in [-0.39, 0.29) is 0 Å². The van der Waals surface area contributed by atoms with Gasteiger partial charge in [0, 0.05) is 6.04 Å². The Morgan fingerprint density at radius 2 is 2.07 bits per heavy atom. The van der Waals surface area contributed by atoms with Crippen LogP contribution in [0.3, 0.4) is 0 Å². The van der Waals surface area contributed by atoms with Crippen LogP contribution < -0.4 is 0 Å². The molecule has 2 heteroatoms. The lowest BCUT2D eigenvalue weighted by atomic mass is 9.96. The van der Waals surface area contributed by atoms with Gasteiger partial charge in [-0.05, 0) is 50.6 Å². The molecule has 0 saturated carbocycles. The number of hydrogen-bond acceptors (Lipinski definition) is 2. The first kappa shape index (κ1) is 9.53. The number of phenols is 1. The number of nitrogens with zero attached hydrogens (tertiary/aromatic N) is 1. The lowest BCUT2D eigenvalue weighted by molar-refractivity contribution is 0.119. The van der Waals surface area contributed by atoms with Crippen LogP contribution in [0.15, 0.2) is 24.3 Å². The monoisotopic (exact) mass is 191 g/mol. The smallest absolute Gasteiger partial charge is 0.115 e. The molecule has 0 amide bonds. The summed E-state index contributed by atoms with van der Waals surface area (Å²) in [5, 5.41) is 9.13. The van der Waals surface area contributed by atoms with E-state index in [4.69, 9.17) is 5.11 Å². The molecular formula is C12H17NO. The predicted octanol–water partition coefficient (Wildman–Crippen LogP) is 2.03. The first-order valence-electron chi connectivity index (χ1n) is 5.24. The summed E-state index contributed by atoms with van der Waals surface area (Å²) in [6, 6.07) is 8.32. The van der Waals surface area contributed by atoms with Gasteiger partial charge in [0.25, 0.3) is 0 Å². The van der Waals surface area contributed by atoms with Crippen LogP contribution >= 0.6 is 0 Å². The Balaban J connectivity index is 1.83. The third-order valence-electron chi connectivity index (χ3n) is 3.14. The molecule has 1 fully saturated rings. The molecule has 0 spiro atoms. The van der Waals surface area contributed by atoms with Crippen molar-refractivity contribution in [2.75, 3.05) is 13.6 Å². The van der Waals surface area contributed by atoms with Crippen LogP contribution in [-0.4, -0.2) is 29.6 Å². The van der Waals surface area contributed by atoms with Gasteiger partial charge in [0.05, 0.1) is 0 Å². The molecular weight excluding hydrogens is 174 g/mol. The van der Waals surface area contributed by atoms with Crippen LogP contribution in [0.2, 0.25) is 0 Å². The van der Waals surface area contributed by atoms with E-state index in [1.165, 1.54) is 24.9 Å². The van der Waals surface area contributed by atoms with Gasteiger partial charge in [-0.15, -0.1) is 0 Å². The highest BCUT2D eigenvalue weighted by atomic mass is 16.3. The van der Waals surface area contributed by atoms with E-state index in [2.05, 4.69) is 11.9 Å². The highest BCUT2D eigenvalue weighted by Crippen LogP contribution is 2.20. The topological polar surface area (TPSA) is 23.5 Å². The molecule has 1 unspecified atom stereocenters. The van der Waals surface area contributed by atoms with Gasteiger partial charge in [-0.2, -0.15) is 0 Å². The van der Waals surface area contributed by atoms with E-state index >= 15 is 0 Å². The maximum atomic E-state index is 9.13. The van der Waals surface area contributed by atoms with Crippen LogP contribution in [-0.2, 0) is 6.42 Å². The SMILES string of the molecule is CN1CCC1CCc1ccc(O)cc1. The molecule has 1 aliphatic rings. The number of aromatic hydroxyl groups is 1. The summed E-state index contributed by atoms with van der Waals surface area (Å²) in [6.07, 6.45) is 3.70. The van der Waals surface area contributed by atoms with E-state index < -0.39 is 0 Å². The van der Waals surface area contributed by atoms with Crippen molar-refractivity contribution in [2.45, 2.75) is 25.3 Å². The van der Waals surface area contributed by atoms with Gasteiger partial charge >= 0.3 is 0 Å². The first-order valence-corrected chi connectivity index (χ1v) is 5.24.